The molecule has 0 saturated heterocycles. The number of rotatable bonds is 6. The van der Waals surface area contributed by atoms with Crippen LogP contribution in [0.3, 0.4) is 0 Å². The molecule has 0 atom stereocenters. The van der Waals surface area contributed by atoms with Gasteiger partial charge >= 0.3 is 0 Å². The minimum absolute atomic E-state index is 0.272. The summed E-state index contributed by atoms with van der Waals surface area (Å²) in [4.78, 5) is 0.272. The first-order valence-corrected chi connectivity index (χ1v) is 8.65. The van der Waals surface area contributed by atoms with Gasteiger partial charge in [-0.3, -0.25) is 0 Å². The van der Waals surface area contributed by atoms with Crippen LogP contribution in [0.2, 0.25) is 0 Å². The van der Waals surface area contributed by atoms with Crippen molar-refractivity contribution in [3.8, 4) is 5.75 Å². The van der Waals surface area contributed by atoms with Gasteiger partial charge in [0.1, 0.15) is 23.1 Å². The van der Waals surface area contributed by atoms with Crippen LogP contribution in [0.1, 0.15) is 12.6 Å². The SMILES string of the molecule is CCNc1snnc1COc1ccc(S(C)(=O)=O)cc1. The second kappa shape index (κ2) is 6.19. The van der Waals surface area contributed by atoms with Crippen molar-refractivity contribution in [2.45, 2.75) is 18.4 Å². The van der Waals surface area contributed by atoms with Crippen LogP contribution < -0.4 is 10.1 Å². The van der Waals surface area contributed by atoms with Gasteiger partial charge in [-0.05, 0) is 31.2 Å². The van der Waals surface area contributed by atoms with Crippen LogP contribution in [-0.4, -0.2) is 30.8 Å². The molecule has 2 rings (SSSR count). The third-order valence-corrected chi connectivity index (χ3v) is 4.37. The highest BCUT2D eigenvalue weighted by atomic mass is 32.2. The summed E-state index contributed by atoms with van der Waals surface area (Å²) in [5, 5.41) is 8.04. The average Bonchev–Trinajstić information content (AvgIpc) is 2.84. The lowest BCUT2D eigenvalue weighted by atomic mass is 10.3. The van der Waals surface area contributed by atoms with E-state index < -0.39 is 9.84 Å². The van der Waals surface area contributed by atoms with Gasteiger partial charge in [-0.25, -0.2) is 8.42 Å². The highest BCUT2D eigenvalue weighted by molar-refractivity contribution is 7.90. The molecule has 108 valence electrons. The molecule has 0 bridgehead atoms. The van der Waals surface area contributed by atoms with Gasteiger partial charge in [0, 0.05) is 24.3 Å². The Kier molecular flexibility index (Phi) is 4.56. The Morgan fingerprint density at radius 2 is 2.00 bits per heavy atom. The number of sulfone groups is 1. The zero-order chi connectivity index (χ0) is 14.6. The molecular weight excluding hydrogens is 298 g/mol. The molecule has 0 aliphatic carbocycles. The summed E-state index contributed by atoms with van der Waals surface area (Å²) in [7, 11) is -3.18. The normalized spacial score (nSPS) is 11.3. The van der Waals surface area contributed by atoms with Crippen LogP contribution in [0.15, 0.2) is 29.2 Å². The van der Waals surface area contributed by atoms with Crippen LogP contribution in [0.25, 0.3) is 0 Å². The molecule has 1 N–H and O–H groups in total. The van der Waals surface area contributed by atoms with E-state index in [9.17, 15) is 8.42 Å². The van der Waals surface area contributed by atoms with Crippen LogP contribution in [0.4, 0.5) is 5.00 Å². The van der Waals surface area contributed by atoms with Crippen molar-refractivity contribution in [3.63, 3.8) is 0 Å². The van der Waals surface area contributed by atoms with Crippen molar-refractivity contribution in [1.29, 1.82) is 0 Å². The quantitative estimate of drug-likeness (QED) is 0.878. The van der Waals surface area contributed by atoms with E-state index in [1.54, 1.807) is 12.1 Å². The minimum atomic E-state index is -3.18. The molecule has 0 saturated carbocycles. The lowest BCUT2D eigenvalue weighted by molar-refractivity contribution is 0.301. The molecule has 0 radical (unpaired) electrons. The molecule has 1 heterocycles. The lowest BCUT2D eigenvalue weighted by Crippen LogP contribution is -2.02. The Hall–Kier alpha value is -1.67. The highest BCUT2D eigenvalue weighted by Crippen LogP contribution is 2.21. The van der Waals surface area contributed by atoms with Crippen LogP contribution in [0, 0.1) is 0 Å². The zero-order valence-electron chi connectivity index (χ0n) is 11.2. The van der Waals surface area contributed by atoms with Gasteiger partial charge in [0.25, 0.3) is 0 Å². The van der Waals surface area contributed by atoms with Crippen molar-refractivity contribution in [1.82, 2.24) is 9.59 Å². The van der Waals surface area contributed by atoms with Crippen molar-refractivity contribution in [3.05, 3.63) is 30.0 Å². The van der Waals surface area contributed by atoms with Gasteiger partial charge in [0.05, 0.1) is 4.90 Å². The molecule has 1 aromatic carbocycles. The van der Waals surface area contributed by atoms with Gasteiger partial charge in [0.2, 0.25) is 0 Å². The van der Waals surface area contributed by atoms with E-state index in [2.05, 4.69) is 14.9 Å². The van der Waals surface area contributed by atoms with Gasteiger partial charge in [-0.1, -0.05) is 4.49 Å². The summed E-state index contributed by atoms with van der Waals surface area (Å²) >= 11 is 1.28. The number of hydrogen-bond donors (Lipinski definition) is 1. The molecule has 0 fully saturated rings. The van der Waals surface area contributed by atoms with Crippen molar-refractivity contribution >= 4 is 26.4 Å². The van der Waals surface area contributed by atoms with Gasteiger partial charge < -0.3 is 10.1 Å². The zero-order valence-corrected chi connectivity index (χ0v) is 12.8. The third kappa shape index (κ3) is 3.67. The van der Waals surface area contributed by atoms with Crippen LogP contribution in [-0.2, 0) is 16.4 Å². The number of benzene rings is 1. The van der Waals surface area contributed by atoms with Crippen LogP contribution >= 0.6 is 11.5 Å². The monoisotopic (exact) mass is 313 g/mol. The molecular formula is C12H15N3O3S2. The average molecular weight is 313 g/mol. The molecule has 0 aliphatic heterocycles. The number of aromatic nitrogens is 2. The van der Waals surface area contributed by atoms with E-state index in [-0.39, 0.29) is 11.5 Å². The number of nitrogens with one attached hydrogen (secondary N) is 1. The maximum absolute atomic E-state index is 11.3. The number of ether oxygens (including phenoxy) is 1. The van der Waals surface area contributed by atoms with Crippen molar-refractivity contribution < 1.29 is 13.2 Å². The standard InChI is InChI=1S/C12H15N3O3S2/c1-3-13-12-11(14-15-19-12)8-18-9-4-6-10(7-5-9)20(2,16)17/h4-7,13H,3,8H2,1-2H3. The topological polar surface area (TPSA) is 81.2 Å². The number of anilines is 1. The Morgan fingerprint density at radius 3 is 2.60 bits per heavy atom. The maximum Gasteiger partial charge on any atom is 0.175 e. The minimum Gasteiger partial charge on any atom is -0.487 e. The second-order valence-electron chi connectivity index (χ2n) is 4.11. The predicted molar refractivity (Wildman–Crippen MR) is 78.0 cm³/mol. The summed E-state index contributed by atoms with van der Waals surface area (Å²) in [6, 6.07) is 6.30. The van der Waals surface area contributed by atoms with E-state index in [0.29, 0.717) is 5.75 Å². The summed E-state index contributed by atoms with van der Waals surface area (Å²) in [6.07, 6.45) is 1.17. The molecule has 0 amide bonds. The number of hydrogen-bond acceptors (Lipinski definition) is 7. The van der Waals surface area contributed by atoms with E-state index in [4.69, 9.17) is 4.74 Å². The summed E-state index contributed by atoms with van der Waals surface area (Å²) in [5.41, 5.74) is 0.740. The van der Waals surface area contributed by atoms with E-state index in [0.717, 1.165) is 17.2 Å². The fourth-order valence-corrected chi connectivity index (χ4v) is 2.80. The van der Waals surface area contributed by atoms with Crippen LogP contribution in [0.5, 0.6) is 5.75 Å². The Morgan fingerprint density at radius 1 is 1.30 bits per heavy atom. The fourth-order valence-electron chi connectivity index (χ4n) is 1.53. The molecule has 6 nitrogen and oxygen atoms in total. The molecule has 20 heavy (non-hydrogen) atoms. The molecule has 0 aliphatic rings. The first-order valence-electron chi connectivity index (χ1n) is 5.98. The molecule has 0 unspecified atom stereocenters. The first kappa shape index (κ1) is 14.7. The van der Waals surface area contributed by atoms with Gasteiger partial charge in [-0.15, -0.1) is 5.10 Å². The first-order chi connectivity index (χ1) is 9.50. The summed E-state index contributed by atoms with van der Waals surface area (Å²) < 4.78 is 32.1. The second-order valence-corrected chi connectivity index (χ2v) is 6.88. The van der Waals surface area contributed by atoms with Gasteiger partial charge in [0.15, 0.2) is 9.84 Å². The lowest BCUT2D eigenvalue weighted by Gasteiger charge is -2.06. The molecule has 1 aromatic heterocycles. The summed E-state index contributed by atoms with van der Waals surface area (Å²) in [5.74, 6) is 0.591. The van der Waals surface area contributed by atoms with Gasteiger partial charge in [-0.2, -0.15) is 0 Å². The summed E-state index contributed by atoms with van der Waals surface area (Å²) in [6.45, 7) is 3.07. The number of nitrogens with zero attached hydrogens (tertiary/aromatic N) is 2. The van der Waals surface area contributed by atoms with E-state index >= 15 is 0 Å². The molecule has 8 heteroatoms. The van der Waals surface area contributed by atoms with E-state index in [1.807, 2.05) is 6.92 Å². The third-order valence-electron chi connectivity index (χ3n) is 2.52. The fraction of sp³-hybridized carbons (Fsp3) is 0.333. The Balaban J connectivity index is 2.02. The van der Waals surface area contributed by atoms with E-state index in [1.165, 1.54) is 29.9 Å². The molecule has 2 aromatic rings. The van der Waals surface area contributed by atoms with Crippen molar-refractivity contribution in [2.24, 2.45) is 0 Å². The van der Waals surface area contributed by atoms with Crippen molar-refractivity contribution in [2.75, 3.05) is 18.1 Å². The maximum atomic E-state index is 11.3. The Labute approximate surface area is 121 Å². The smallest absolute Gasteiger partial charge is 0.175 e. The highest BCUT2D eigenvalue weighted by Gasteiger charge is 2.09. The predicted octanol–water partition coefficient (Wildman–Crippen LogP) is 1.95. The largest absolute Gasteiger partial charge is 0.487 e. The molecule has 0 spiro atoms. The Bertz CT molecular complexity index is 666.